The Morgan fingerprint density at radius 2 is 2.31 bits per heavy atom. The number of benzene rings is 1. The predicted octanol–water partition coefficient (Wildman–Crippen LogP) is 2.23. The van der Waals surface area contributed by atoms with Gasteiger partial charge in [-0.25, -0.2) is 4.39 Å². The Labute approximate surface area is 102 Å². The first-order valence-electron chi connectivity index (χ1n) is 5.04. The minimum atomic E-state index is -0.299. The molecule has 2 rings (SSSR count). The molecule has 1 atom stereocenters. The van der Waals surface area contributed by atoms with Gasteiger partial charge in [0, 0.05) is 23.8 Å². The number of rotatable bonds is 2. The summed E-state index contributed by atoms with van der Waals surface area (Å²) in [4.78, 5) is 13.4. The minimum Gasteiger partial charge on any atom is -0.373 e. The Morgan fingerprint density at radius 1 is 1.56 bits per heavy atom. The van der Waals surface area contributed by atoms with Gasteiger partial charge in [-0.15, -0.1) is 0 Å². The van der Waals surface area contributed by atoms with Crippen LogP contribution in [0.5, 0.6) is 0 Å². The zero-order valence-corrected chi connectivity index (χ0v) is 10.4. The van der Waals surface area contributed by atoms with E-state index in [1.54, 1.807) is 18.0 Å². The lowest BCUT2D eigenvalue weighted by Crippen LogP contribution is -2.31. The number of amides is 1. The number of likely N-dealkylation sites (tertiary alicyclic amines) is 1. The van der Waals surface area contributed by atoms with Gasteiger partial charge >= 0.3 is 0 Å². The highest BCUT2D eigenvalue weighted by atomic mass is 79.9. The van der Waals surface area contributed by atoms with Crippen molar-refractivity contribution in [2.75, 3.05) is 18.9 Å². The van der Waals surface area contributed by atoms with Crippen molar-refractivity contribution in [3.8, 4) is 0 Å². The van der Waals surface area contributed by atoms with Crippen LogP contribution in [0.1, 0.15) is 6.42 Å². The second-order valence-electron chi connectivity index (χ2n) is 3.87. The molecular formula is C11H12BrFN2O. The third-order valence-corrected chi connectivity index (χ3v) is 3.34. The van der Waals surface area contributed by atoms with Crippen molar-refractivity contribution in [2.45, 2.75) is 12.5 Å². The topological polar surface area (TPSA) is 32.3 Å². The van der Waals surface area contributed by atoms with E-state index < -0.39 is 0 Å². The fourth-order valence-electron chi connectivity index (χ4n) is 1.75. The number of carbonyl (C=O) groups excluding carboxylic acids is 1. The summed E-state index contributed by atoms with van der Waals surface area (Å²) < 4.78 is 13.5. The van der Waals surface area contributed by atoms with E-state index in [0.717, 1.165) is 18.7 Å². The number of nitrogens with one attached hydrogen (secondary N) is 1. The molecule has 0 aliphatic carbocycles. The standard InChI is InChI=1S/C11H12BrFN2O/c1-15-5-4-10(11(15)16)14-9-3-2-7(13)6-8(9)12/h2-3,6,10,14H,4-5H2,1H3. The van der Waals surface area contributed by atoms with Crippen molar-refractivity contribution >= 4 is 27.5 Å². The summed E-state index contributed by atoms with van der Waals surface area (Å²) >= 11 is 3.26. The van der Waals surface area contributed by atoms with Crippen LogP contribution in [-0.2, 0) is 4.79 Å². The maximum Gasteiger partial charge on any atom is 0.244 e. The van der Waals surface area contributed by atoms with Gasteiger partial charge in [-0.1, -0.05) is 0 Å². The summed E-state index contributed by atoms with van der Waals surface area (Å²) in [5.74, 6) is -0.219. The van der Waals surface area contributed by atoms with Gasteiger partial charge in [0.05, 0.1) is 0 Å². The van der Waals surface area contributed by atoms with E-state index >= 15 is 0 Å². The van der Waals surface area contributed by atoms with Crippen molar-refractivity contribution in [3.05, 3.63) is 28.5 Å². The van der Waals surface area contributed by atoms with Crippen molar-refractivity contribution in [2.24, 2.45) is 0 Å². The third kappa shape index (κ3) is 2.19. The molecule has 16 heavy (non-hydrogen) atoms. The van der Waals surface area contributed by atoms with Crippen molar-refractivity contribution in [1.29, 1.82) is 0 Å². The van der Waals surface area contributed by atoms with Crippen LogP contribution in [0.2, 0.25) is 0 Å². The summed E-state index contributed by atoms with van der Waals surface area (Å²) in [6, 6.07) is 4.18. The lowest BCUT2D eigenvalue weighted by molar-refractivity contribution is -0.127. The Hall–Kier alpha value is -1.10. The molecular weight excluding hydrogens is 275 g/mol. The number of hydrogen-bond acceptors (Lipinski definition) is 2. The largest absolute Gasteiger partial charge is 0.373 e. The highest BCUT2D eigenvalue weighted by Gasteiger charge is 2.29. The first-order valence-corrected chi connectivity index (χ1v) is 5.84. The molecule has 3 nitrogen and oxygen atoms in total. The van der Waals surface area contributed by atoms with Gasteiger partial charge in [0.2, 0.25) is 5.91 Å². The number of likely N-dealkylation sites (N-methyl/N-ethyl adjacent to an activating group) is 1. The van der Waals surface area contributed by atoms with Crippen molar-refractivity contribution in [3.63, 3.8) is 0 Å². The Balaban J connectivity index is 2.12. The second kappa shape index (κ2) is 4.41. The van der Waals surface area contributed by atoms with E-state index in [1.807, 2.05) is 0 Å². The average molecular weight is 287 g/mol. The lowest BCUT2D eigenvalue weighted by Gasteiger charge is -2.14. The van der Waals surface area contributed by atoms with E-state index in [0.29, 0.717) is 4.47 Å². The molecule has 1 aromatic carbocycles. The van der Waals surface area contributed by atoms with E-state index in [2.05, 4.69) is 21.2 Å². The van der Waals surface area contributed by atoms with Crippen LogP contribution in [0.4, 0.5) is 10.1 Å². The molecule has 1 amide bonds. The zero-order valence-electron chi connectivity index (χ0n) is 8.84. The Bertz CT molecular complexity index is 424. The Morgan fingerprint density at radius 3 is 2.88 bits per heavy atom. The molecule has 1 aliphatic heterocycles. The van der Waals surface area contributed by atoms with Gasteiger partial charge < -0.3 is 10.2 Å². The second-order valence-corrected chi connectivity index (χ2v) is 4.72. The number of carbonyl (C=O) groups is 1. The van der Waals surface area contributed by atoms with Crippen molar-refractivity contribution < 1.29 is 9.18 Å². The molecule has 1 aliphatic rings. The van der Waals surface area contributed by atoms with Crippen LogP contribution in [-0.4, -0.2) is 30.4 Å². The molecule has 86 valence electrons. The highest BCUT2D eigenvalue weighted by molar-refractivity contribution is 9.10. The molecule has 1 fully saturated rings. The van der Waals surface area contributed by atoms with E-state index in [4.69, 9.17) is 0 Å². The molecule has 0 saturated carbocycles. The number of hydrogen-bond donors (Lipinski definition) is 1. The molecule has 0 bridgehead atoms. The fraction of sp³-hybridized carbons (Fsp3) is 0.364. The molecule has 1 saturated heterocycles. The van der Waals surface area contributed by atoms with Gasteiger partial charge in [-0.3, -0.25) is 4.79 Å². The van der Waals surface area contributed by atoms with E-state index in [-0.39, 0.29) is 17.8 Å². The van der Waals surface area contributed by atoms with Crippen molar-refractivity contribution in [1.82, 2.24) is 4.90 Å². The summed E-state index contributed by atoms with van der Waals surface area (Å²) in [5.41, 5.74) is 0.745. The summed E-state index contributed by atoms with van der Waals surface area (Å²) in [7, 11) is 1.78. The van der Waals surface area contributed by atoms with Gasteiger partial charge in [0.1, 0.15) is 11.9 Å². The molecule has 1 heterocycles. The molecule has 1 aromatic rings. The molecule has 1 N–H and O–H groups in total. The van der Waals surface area contributed by atoms with Gasteiger partial charge in [0.15, 0.2) is 0 Å². The first-order chi connectivity index (χ1) is 7.58. The summed E-state index contributed by atoms with van der Waals surface area (Å²) in [6.45, 7) is 0.759. The van der Waals surface area contributed by atoms with E-state index in [1.165, 1.54) is 12.1 Å². The normalized spacial score (nSPS) is 20.3. The molecule has 0 spiro atoms. The van der Waals surface area contributed by atoms with Gasteiger partial charge in [-0.05, 0) is 40.5 Å². The maximum absolute atomic E-state index is 12.9. The van der Waals surface area contributed by atoms with Crippen LogP contribution in [0.15, 0.2) is 22.7 Å². The first kappa shape index (κ1) is 11.4. The van der Waals surface area contributed by atoms with Gasteiger partial charge in [-0.2, -0.15) is 0 Å². The van der Waals surface area contributed by atoms with Crippen LogP contribution >= 0.6 is 15.9 Å². The minimum absolute atomic E-state index is 0.0798. The van der Waals surface area contributed by atoms with Gasteiger partial charge in [0.25, 0.3) is 0 Å². The molecule has 1 unspecified atom stereocenters. The van der Waals surface area contributed by atoms with E-state index in [9.17, 15) is 9.18 Å². The summed E-state index contributed by atoms with van der Waals surface area (Å²) in [6.07, 6.45) is 0.777. The number of halogens is 2. The lowest BCUT2D eigenvalue weighted by atomic mass is 10.2. The number of anilines is 1. The molecule has 0 radical (unpaired) electrons. The fourth-order valence-corrected chi connectivity index (χ4v) is 2.22. The highest BCUT2D eigenvalue weighted by Crippen LogP contribution is 2.25. The van der Waals surface area contributed by atoms with Crippen LogP contribution < -0.4 is 5.32 Å². The monoisotopic (exact) mass is 286 g/mol. The average Bonchev–Trinajstić information content (AvgIpc) is 2.54. The zero-order chi connectivity index (χ0) is 11.7. The summed E-state index contributed by atoms with van der Waals surface area (Å²) in [5, 5.41) is 3.11. The number of nitrogens with zero attached hydrogens (tertiary/aromatic N) is 1. The molecule has 5 heteroatoms. The van der Waals surface area contributed by atoms with Crippen LogP contribution in [0.3, 0.4) is 0 Å². The third-order valence-electron chi connectivity index (χ3n) is 2.69. The maximum atomic E-state index is 12.9. The quantitative estimate of drug-likeness (QED) is 0.904. The molecule has 0 aromatic heterocycles. The van der Waals surface area contributed by atoms with Crippen LogP contribution in [0, 0.1) is 5.82 Å². The predicted molar refractivity (Wildman–Crippen MR) is 63.8 cm³/mol. The van der Waals surface area contributed by atoms with Crippen LogP contribution in [0.25, 0.3) is 0 Å². The Kier molecular flexibility index (Phi) is 3.14. The SMILES string of the molecule is CN1CCC(Nc2ccc(F)cc2Br)C1=O. The smallest absolute Gasteiger partial charge is 0.244 e.